The third-order valence-corrected chi connectivity index (χ3v) is 4.82. The number of halogens is 1. The number of nitrogens with zero attached hydrogens (tertiary/aromatic N) is 1. The van der Waals surface area contributed by atoms with E-state index in [2.05, 4.69) is 42.2 Å². The van der Waals surface area contributed by atoms with Gasteiger partial charge in [-0.25, -0.2) is 0 Å². The van der Waals surface area contributed by atoms with Crippen LogP contribution >= 0.6 is 11.6 Å². The molecule has 0 spiro atoms. The summed E-state index contributed by atoms with van der Waals surface area (Å²) in [6, 6.07) is 14.6. The minimum atomic E-state index is -0.776. The summed E-state index contributed by atoms with van der Waals surface area (Å²) >= 11 is 6.35. The Morgan fingerprint density at radius 1 is 1.12 bits per heavy atom. The largest absolute Gasteiger partial charge is 0.481 e. The van der Waals surface area contributed by atoms with Crippen molar-refractivity contribution >= 4 is 17.6 Å². The average Bonchev–Trinajstić information content (AvgIpc) is 2.61. The fourth-order valence-corrected chi connectivity index (χ4v) is 3.23. The zero-order valence-electron chi connectivity index (χ0n) is 15.7. The molecule has 0 aliphatic heterocycles. The van der Waals surface area contributed by atoms with E-state index in [1.165, 1.54) is 24.0 Å². The molecule has 0 fully saturated rings. The minimum absolute atomic E-state index is 0.124. The average molecular weight is 374 g/mol. The van der Waals surface area contributed by atoms with Gasteiger partial charge in [0.2, 0.25) is 0 Å². The highest BCUT2D eigenvalue weighted by Gasteiger charge is 2.12. The second kappa shape index (κ2) is 10.3. The molecule has 0 radical (unpaired) electrons. The first-order valence-electron chi connectivity index (χ1n) is 9.25. The number of unbranched alkanes of at least 4 members (excludes halogenated alkanes) is 1. The lowest BCUT2D eigenvalue weighted by molar-refractivity contribution is -0.137. The molecule has 2 aromatic carbocycles. The van der Waals surface area contributed by atoms with Gasteiger partial charge in [-0.05, 0) is 42.5 Å². The number of aryl methyl sites for hydroxylation is 2. The van der Waals surface area contributed by atoms with Gasteiger partial charge in [0.15, 0.2) is 0 Å². The second-order valence-electron chi connectivity index (χ2n) is 6.87. The van der Waals surface area contributed by atoms with Gasteiger partial charge >= 0.3 is 5.97 Å². The van der Waals surface area contributed by atoms with Crippen LogP contribution in [0.1, 0.15) is 48.4 Å². The Kier molecular flexibility index (Phi) is 8.14. The summed E-state index contributed by atoms with van der Waals surface area (Å²) in [7, 11) is 0. The number of hydrogen-bond acceptors (Lipinski definition) is 2. The molecular weight excluding hydrogens is 346 g/mol. The van der Waals surface area contributed by atoms with Gasteiger partial charge < -0.3 is 5.11 Å². The highest BCUT2D eigenvalue weighted by Crippen LogP contribution is 2.21. The van der Waals surface area contributed by atoms with Crippen molar-refractivity contribution in [3.8, 4) is 0 Å². The molecule has 0 bridgehead atoms. The van der Waals surface area contributed by atoms with Crippen molar-refractivity contribution in [1.82, 2.24) is 4.90 Å². The molecule has 2 rings (SSSR count). The third-order valence-electron chi connectivity index (χ3n) is 4.45. The number of rotatable bonds is 10. The molecule has 1 N–H and O–H groups in total. The summed E-state index contributed by atoms with van der Waals surface area (Å²) in [5.41, 5.74) is 4.76. The molecule has 0 aliphatic carbocycles. The van der Waals surface area contributed by atoms with Crippen LogP contribution in [0.3, 0.4) is 0 Å². The van der Waals surface area contributed by atoms with Gasteiger partial charge in [-0.15, -0.1) is 0 Å². The van der Waals surface area contributed by atoms with Crippen LogP contribution in [0.2, 0.25) is 5.02 Å². The monoisotopic (exact) mass is 373 g/mol. The Hall–Kier alpha value is -1.84. The van der Waals surface area contributed by atoms with Crippen LogP contribution in [0.5, 0.6) is 0 Å². The first-order valence-corrected chi connectivity index (χ1v) is 9.62. The van der Waals surface area contributed by atoms with Crippen LogP contribution in [0.15, 0.2) is 42.5 Å². The minimum Gasteiger partial charge on any atom is -0.481 e. The maximum Gasteiger partial charge on any atom is 0.304 e. The van der Waals surface area contributed by atoms with E-state index < -0.39 is 5.97 Å². The predicted octanol–water partition coefficient (Wildman–Crippen LogP) is 5.47. The molecule has 140 valence electrons. The lowest BCUT2D eigenvalue weighted by atomic mass is 10.0. The van der Waals surface area contributed by atoms with Gasteiger partial charge in [0.05, 0.1) is 6.42 Å². The van der Waals surface area contributed by atoms with E-state index in [0.29, 0.717) is 13.1 Å². The van der Waals surface area contributed by atoms with E-state index in [0.717, 1.165) is 29.1 Å². The van der Waals surface area contributed by atoms with E-state index in [1.807, 2.05) is 19.1 Å². The van der Waals surface area contributed by atoms with Crippen molar-refractivity contribution in [3.63, 3.8) is 0 Å². The maximum atomic E-state index is 11.0. The van der Waals surface area contributed by atoms with Gasteiger partial charge in [0.25, 0.3) is 0 Å². The Morgan fingerprint density at radius 3 is 2.62 bits per heavy atom. The molecule has 0 atom stereocenters. The van der Waals surface area contributed by atoms with Crippen molar-refractivity contribution in [2.24, 2.45) is 0 Å². The molecule has 0 aromatic heterocycles. The van der Waals surface area contributed by atoms with Gasteiger partial charge in [-0.1, -0.05) is 66.9 Å². The maximum absolute atomic E-state index is 11.0. The van der Waals surface area contributed by atoms with Gasteiger partial charge in [-0.2, -0.15) is 0 Å². The number of carboxylic acids is 1. The molecule has 0 saturated heterocycles. The molecule has 2 aromatic rings. The molecule has 4 heteroatoms. The zero-order chi connectivity index (χ0) is 18.9. The number of carbonyl (C=O) groups is 1. The lowest BCUT2D eigenvalue weighted by Gasteiger charge is -2.23. The van der Waals surface area contributed by atoms with Crippen LogP contribution in [-0.2, 0) is 24.3 Å². The molecule has 0 amide bonds. The van der Waals surface area contributed by atoms with E-state index in [1.54, 1.807) is 0 Å². The van der Waals surface area contributed by atoms with Crippen molar-refractivity contribution < 1.29 is 9.90 Å². The van der Waals surface area contributed by atoms with Crippen molar-refractivity contribution in [1.29, 1.82) is 0 Å². The first-order chi connectivity index (χ1) is 12.5. The molecule has 0 saturated carbocycles. The first kappa shape index (κ1) is 20.5. The van der Waals surface area contributed by atoms with E-state index in [-0.39, 0.29) is 6.42 Å². The topological polar surface area (TPSA) is 40.5 Å². The fraction of sp³-hybridized carbons (Fsp3) is 0.409. The van der Waals surface area contributed by atoms with E-state index >= 15 is 0 Å². The number of aliphatic carboxylic acids is 1. The lowest BCUT2D eigenvalue weighted by Crippen LogP contribution is -2.26. The summed E-state index contributed by atoms with van der Waals surface area (Å²) in [4.78, 5) is 13.2. The number of hydrogen-bond donors (Lipinski definition) is 1. The highest BCUT2D eigenvalue weighted by molar-refractivity contribution is 6.31. The highest BCUT2D eigenvalue weighted by atomic mass is 35.5. The quantitative estimate of drug-likeness (QED) is 0.600. The van der Waals surface area contributed by atoms with Gasteiger partial charge in [-0.3, -0.25) is 9.69 Å². The zero-order valence-corrected chi connectivity index (χ0v) is 16.4. The Labute approximate surface area is 161 Å². The van der Waals surface area contributed by atoms with Crippen molar-refractivity contribution in [2.75, 3.05) is 6.54 Å². The SMILES string of the molecule is CCCCc1cccc(CN(CCC(=O)O)Cc2cc(C)ccc2Cl)c1. The number of carboxylic acid groups (broad SMARTS) is 1. The predicted molar refractivity (Wildman–Crippen MR) is 108 cm³/mol. The standard InChI is InChI=1S/C22H28ClNO2/c1-3-4-6-18-7-5-8-19(14-18)15-24(12-11-22(25)26)16-20-13-17(2)9-10-21(20)23/h5,7-10,13-14H,3-4,6,11-12,15-16H2,1-2H3,(H,25,26). The molecule has 3 nitrogen and oxygen atoms in total. The van der Waals surface area contributed by atoms with Crippen LogP contribution in [0, 0.1) is 6.92 Å². The Morgan fingerprint density at radius 2 is 1.88 bits per heavy atom. The number of benzene rings is 2. The summed E-state index contributed by atoms with van der Waals surface area (Å²) in [6.07, 6.45) is 3.58. The van der Waals surface area contributed by atoms with Crippen LogP contribution < -0.4 is 0 Å². The van der Waals surface area contributed by atoms with Crippen molar-refractivity contribution in [2.45, 2.75) is 52.6 Å². The molecule has 0 aliphatic rings. The fourth-order valence-electron chi connectivity index (χ4n) is 3.06. The summed E-state index contributed by atoms with van der Waals surface area (Å²) in [5, 5.41) is 9.81. The van der Waals surface area contributed by atoms with Gasteiger partial charge in [0.1, 0.15) is 0 Å². The Bertz CT molecular complexity index is 730. The van der Waals surface area contributed by atoms with E-state index in [9.17, 15) is 4.79 Å². The normalized spacial score (nSPS) is 11.1. The third kappa shape index (κ3) is 6.81. The molecular formula is C22H28ClNO2. The van der Waals surface area contributed by atoms with Gasteiger partial charge in [0, 0.05) is 24.7 Å². The summed E-state index contributed by atoms with van der Waals surface area (Å²) < 4.78 is 0. The summed E-state index contributed by atoms with van der Waals surface area (Å²) in [6.45, 7) is 6.10. The van der Waals surface area contributed by atoms with Crippen LogP contribution in [0.25, 0.3) is 0 Å². The molecule has 26 heavy (non-hydrogen) atoms. The summed E-state index contributed by atoms with van der Waals surface area (Å²) in [5.74, 6) is -0.776. The van der Waals surface area contributed by atoms with E-state index in [4.69, 9.17) is 16.7 Å². The van der Waals surface area contributed by atoms with Crippen LogP contribution in [-0.4, -0.2) is 22.5 Å². The molecule has 0 unspecified atom stereocenters. The van der Waals surface area contributed by atoms with Crippen LogP contribution in [0.4, 0.5) is 0 Å². The Balaban J connectivity index is 2.13. The van der Waals surface area contributed by atoms with Crippen molar-refractivity contribution in [3.05, 3.63) is 69.7 Å². The molecule has 0 heterocycles. The second-order valence-corrected chi connectivity index (χ2v) is 7.28. The smallest absolute Gasteiger partial charge is 0.304 e.